The summed E-state index contributed by atoms with van der Waals surface area (Å²) < 4.78 is 32.0. The molecule has 0 saturated heterocycles. The number of aromatic carboxylic acids is 1. The van der Waals surface area contributed by atoms with Crippen molar-refractivity contribution < 1.29 is 22.7 Å². The van der Waals surface area contributed by atoms with Crippen molar-refractivity contribution in [1.82, 2.24) is 9.71 Å². The van der Waals surface area contributed by atoms with Crippen molar-refractivity contribution in [2.45, 2.75) is 11.4 Å². The van der Waals surface area contributed by atoms with Crippen molar-refractivity contribution in [2.75, 3.05) is 0 Å². The maximum absolute atomic E-state index is 12.3. The number of sulfonamides is 1. The molecule has 2 N–H and O–H groups in total. The summed E-state index contributed by atoms with van der Waals surface area (Å²) >= 11 is 0. The van der Waals surface area contributed by atoms with Crippen LogP contribution in [0.15, 0.2) is 56.9 Å². The average molecular weight is 347 g/mol. The number of carboxylic acids is 1. The topological polar surface area (TPSA) is 132 Å². The van der Waals surface area contributed by atoms with Crippen LogP contribution in [0, 0.1) is 0 Å². The highest BCUT2D eigenvalue weighted by Gasteiger charge is 2.16. The standard InChI is InChI=1S/C15H12N2O6S/c18-14-11-6-10(3-4-13(11)16-8-12(14)15(19)20)24(21,22)17-7-9-2-1-5-23-9/h1-6,8,17H,7H2,(H,16,18)(H,19,20)/p-1. The molecule has 0 amide bonds. The molecule has 24 heavy (non-hydrogen) atoms. The molecular weight excluding hydrogens is 336 g/mol. The Morgan fingerprint density at radius 1 is 1.29 bits per heavy atom. The van der Waals surface area contributed by atoms with Gasteiger partial charge in [-0.15, -0.1) is 0 Å². The Kier molecular flexibility index (Phi) is 3.96. The molecule has 0 bridgehead atoms. The van der Waals surface area contributed by atoms with E-state index in [9.17, 15) is 23.1 Å². The summed E-state index contributed by atoms with van der Waals surface area (Å²) in [7, 11) is -3.90. The van der Waals surface area contributed by atoms with Crippen molar-refractivity contribution in [3.05, 3.63) is 64.3 Å². The molecule has 0 saturated carbocycles. The number of hydrogen-bond acceptors (Lipinski definition) is 6. The molecule has 0 fully saturated rings. The summed E-state index contributed by atoms with van der Waals surface area (Å²) in [4.78, 5) is 25.5. The van der Waals surface area contributed by atoms with E-state index in [4.69, 9.17) is 4.42 Å². The fraction of sp³-hybridized carbons (Fsp3) is 0.0667. The summed E-state index contributed by atoms with van der Waals surface area (Å²) in [5.74, 6) is -1.21. The predicted molar refractivity (Wildman–Crippen MR) is 81.6 cm³/mol. The molecule has 0 spiro atoms. The summed E-state index contributed by atoms with van der Waals surface area (Å²) in [6.45, 7) is -0.0528. The van der Waals surface area contributed by atoms with Gasteiger partial charge < -0.3 is 19.3 Å². The van der Waals surface area contributed by atoms with Crippen molar-refractivity contribution in [3.63, 3.8) is 0 Å². The fourth-order valence-corrected chi connectivity index (χ4v) is 3.20. The second-order valence-corrected chi connectivity index (χ2v) is 6.70. The molecule has 124 valence electrons. The first-order valence-corrected chi connectivity index (χ1v) is 8.25. The summed E-state index contributed by atoms with van der Waals surface area (Å²) in [5, 5.41) is 10.9. The second-order valence-electron chi connectivity index (χ2n) is 4.93. The Morgan fingerprint density at radius 3 is 2.75 bits per heavy atom. The number of pyridine rings is 1. The van der Waals surface area contributed by atoms with Gasteiger partial charge in [0.25, 0.3) is 0 Å². The molecule has 2 aromatic heterocycles. The van der Waals surface area contributed by atoms with Gasteiger partial charge in [0.1, 0.15) is 5.76 Å². The largest absolute Gasteiger partial charge is 0.545 e. The number of carboxylic acid groups (broad SMARTS) is 1. The van der Waals surface area contributed by atoms with Crippen LogP contribution >= 0.6 is 0 Å². The Labute approximate surface area is 135 Å². The zero-order valence-corrected chi connectivity index (χ0v) is 12.9. The minimum absolute atomic E-state index is 0.0528. The molecule has 0 aliphatic carbocycles. The highest BCUT2D eigenvalue weighted by molar-refractivity contribution is 7.89. The van der Waals surface area contributed by atoms with Crippen molar-refractivity contribution in [2.24, 2.45) is 0 Å². The van der Waals surface area contributed by atoms with Gasteiger partial charge in [0.15, 0.2) is 5.43 Å². The van der Waals surface area contributed by atoms with E-state index in [1.54, 1.807) is 12.1 Å². The third-order valence-corrected chi connectivity index (χ3v) is 4.80. The molecule has 0 atom stereocenters. The number of nitrogens with one attached hydrogen (secondary N) is 2. The number of carbonyl (C=O) groups is 1. The van der Waals surface area contributed by atoms with Gasteiger partial charge in [-0.2, -0.15) is 0 Å². The van der Waals surface area contributed by atoms with Gasteiger partial charge in [0.05, 0.1) is 29.2 Å². The van der Waals surface area contributed by atoms with E-state index >= 15 is 0 Å². The number of aromatic nitrogens is 1. The first-order chi connectivity index (χ1) is 11.4. The van der Waals surface area contributed by atoms with E-state index in [2.05, 4.69) is 9.71 Å². The summed E-state index contributed by atoms with van der Waals surface area (Å²) in [5.41, 5.74) is -1.07. The highest BCUT2D eigenvalue weighted by atomic mass is 32.2. The van der Waals surface area contributed by atoms with E-state index < -0.39 is 27.0 Å². The molecular formula is C15H11N2O6S-. The predicted octanol–water partition coefficient (Wildman–Crippen LogP) is -0.0369. The van der Waals surface area contributed by atoms with Crippen LogP contribution in [0.5, 0.6) is 0 Å². The smallest absolute Gasteiger partial charge is 0.241 e. The molecule has 9 heteroatoms. The molecule has 1 aromatic carbocycles. The molecule has 0 unspecified atom stereocenters. The maximum Gasteiger partial charge on any atom is 0.241 e. The lowest BCUT2D eigenvalue weighted by Crippen LogP contribution is -2.29. The lowest BCUT2D eigenvalue weighted by molar-refractivity contribution is -0.255. The maximum atomic E-state index is 12.3. The van der Waals surface area contributed by atoms with Gasteiger partial charge in [-0.25, -0.2) is 13.1 Å². The monoisotopic (exact) mass is 347 g/mol. The summed E-state index contributed by atoms with van der Waals surface area (Å²) in [6, 6.07) is 7.05. The van der Waals surface area contributed by atoms with Crippen LogP contribution in [0.3, 0.4) is 0 Å². The van der Waals surface area contributed by atoms with Crippen LogP contribution < -0.4 is 15.3 Å². The Hall–Kier alpha value is -2.91. The van der Waals surface area contributed by atoms with Crippen LogP contribution in [0.4, 0.5) is 0 Å². The van der Waals surface area contributed by atoms with Crippen molar-refractivity contribution >= 4 is 26.9 Å². The van der Waals surface area contributed by atoms with Crippen molar-refractivity contribution in [1.29, 1.82) is 0 Å². The van der Waals surface area contributed by atoms with Crippen LogP contribution in [0.1, 0.15) is 16.1 Å². The summed E-state index contributed by atoms with van der Waals surface area (Å²) in [6.07, 6.45) is 2.43. The minimum atomic E-state index is -3.90. The number of benzene rings is 1. The second kappa shape index (κ2) is 5.95. The minimum Gasteiger partial charge on any atom is -0.545 e. The molecule has 2 heterocycles. The van der Waals surface area contributed by atoms with Crippen LogP contribution in [0.2, 0.25) is 0 Å². The van der Waals surface area contributed by atoms with Gasteiger partial charge in [0.2, 0.25) is 10.0 Å². The number of hydrogen-bond donors (Lipinski definition) is 2. The lowest BCUT2D eigenvalue weighted by atomic mass is 10.1. The van der Waals surface area contributed by atoms with Crippen molar-refractivity contribution in [3.8, 4) is 0 Å². The Balaban J connectivity index is 2.01. The number of furan rings is 1. The quantitative estimate of drug-likeness (QED) is 0.666. The van der Waals surface area contributed by atoms with E-state index in [1.807, 2.05) is 0 Å². The van der Waals surface area contributed by atoms with Crippen LogP contribution in [-0.2, 0) is 16.6 Å². The third-order valence-electron chi connectivity index (χ3n) is 3.40. The first-order valence-electron chi connectivity index (χ1n) is 6.77. The molecule has 0 aliphatic heterocycles. The van der Waals surface area contributed by atoms with E-state index in [-0.39, 0.29) is 16.8 Å². The number of rotatable bonds is 5. The average Bonchev–Trinajstić information content (AvgIpc) is 3.06. The van der Waals surface area contributed by atoms with Crippen LogP contribution in [-0.4, -0.2) is 19.4 Å². The fourth-order valence-electron chi connectivity index (χ4n) is 2.18. The number of H-pyrrole nitrogens is 1. The molecule has 8 nitrogen and oxygen atoms in total. The lowest BCUT2D eigenvalue weighted by Gasteiger charge is -2.08. The van der Waals surface area contributed by atoms with Gasteiger partial charge in [-0.1, -0.05) is 0 Å². The van der Waals surface area contributed by atoms with Gasteiger partial charge in [0, 0.05) is 17.1 Å². The molecule has 3 aromatic rings. The van der Waals surface area contributed by atoms with E-state index in [1.165, 1.54) is 18.4 Å². The van der Waals surface area contributed by atoms with Crippen LogP contribution in [0.25, 0.3) is 10.9 Å². The van der Waals surface area contributed by atoms with E-state index in [0.717, 1.165) is 12.3 Å². The number of aromatic amines is 1. The number of carbonyl (C=O) groups excluding carboxylic acids is 1. The van der Waals surface area contributed by atoms with Gasteiger partial charge in [-0.3, -0.25) is 4.79 Å². The zero-order valence-electron chi connectivity index (χ0n) is 12.1. The van der Waals surface area contributed by atoms with E-state index in [0.29, 0.717) is 11.3 Å². The normalized spacial score (nSPS) is 11.7. The Morgan fingerprint density at radius 2 is 2.08 bits per heavy atom. The molecule has 3 rings (SSSR count). The van der Waals surface area contributed by atoms with Gasteiger partial charge in [-0.05, 0) is 30.3 Å². The SMILES string of the molecule is O=C([O-])c1c[nH]c2ccc(S(=O)(=O)NCc3ccco3)cc2c1=O. The zero-order chi connectivity index (χ0) is 17.3. The number of fused-ring (bicyclic) bond motifs is 1. The van der Waals surface area contributed by atoms with Gasteiger partial charge >= 0.3 is 0 Å². The Bertz CT molecular complexity index is 1070. The first kappa shape index (κ1) is 16.0. The third kappa shape index (κ3) is 2.94. The molecule has 0 aliphatic rings. The molecule has 0 radical (unpaired) electrons. The highest BCUT2D eigenvalue weighted by Crippen LogP contribution is 2.16.